The number of carbonyl (C=O) groups is 1. The fraction of sp³-hybridized carbons (Fsp3) is 0.412. The summed E-state index contributed by atoms with van der Waals surface area (Å²) in [4.78, 5) is 14.2. The van der Waals surface area contributed by atoms with Gasteiger partial charge in [0.15, 0.2) is 0 Å². The first-order valence-electron chi connectivity index (χ1n) is 7.75. The van der Waals surface area contributed by atoms with Crippen molar-refractivity contribution in [1.82, 2.24) is 20.4 Å². The molecule has 2 N–H and O–H groups in total. The Labute approximate surface area is 131 Å². The summed E-state index contributed by atoms with van der Waals surface area (Å²) < 4.78 is 0. The lowest BCUT2D eigenvalue weighted by molar-refractivity contribution is 0.0956. The van der Waals surface area contributed by atoms with Crippen LogP contribution in [-0.4, -0.2) is 41.1 Å². The predicted octanol–water partition coefficient (Wildman–Crippen LogP) is 2.67. The first-order valence-corrected chi connectivity index (χ1v) is 7.75. The minimum absolute atomic E-state index is 0.0514. The molecule has 5 nitrogen and oxygen atoms in total. The van der Waals surface area contributed by atoms with Crippen LogP contribution in [0.5, 0.6) is 0 Å². The maximum atomic E-state index is 12.0. The number of rotatable bonds is 7. The van der Waals surface area contributed by atoms with Gasteiger partial charge in [0.05, 0.1) is 5.69 Å². The highest BCUT2D eigenvalue weighted by Gasteiger charge is 2.12. The quantitative estimate of drug-likeness (QED) is 0.826. The van der Waals surface area contributed by atoms with E-state index in [2.05, 4.69) is 34.4 Å². The lowest BCUT2D eigenvalue weighted by Crippen LogP contribution is -2.22. The number of hydrogen-bond acceptors (Lipinski definition) is 3. The molecule has 0 fully saturated rings. The molecule has 0 unspecified atom stereocenters. The Morgan fingerprint density at radius 3 is 2.91 bits per heavy atom. The number of hydrogen-bond donors (Lipinski definition) is 2. The smallest absolute Gasteiger partial charge is 0.251 e. The molecule has 1 aromatic carbocycles. The Balaban J connectivity index is 2.24. The Kier molecular flexibility index (Phi) is 5.72. The third kappa shape index (κ3) is 3.95. The van der Waals surface area contributed by atoms with Gasteiger partial charge in [-0.3, -0.25) is 9.89 Å². The number of H-pyrrole nitrogens is 1. The van der Waals surface area contributed by atoms with Crippen LogP contribution in [0.1, 0.15) is 36.2 Å². The van der Waals surface area contributed by atoms with Crippen molar-refractivity contribution in [3.63, 3.8) is 0 Å². The lowest BCUT2D eigenvalue weighted by atomic mass is 10.0. The van der Waals surface area contributed by atoms with Gasteiger partial charge >= 0.3 is 0 Å². The van der Waals surface area contributed by atoms with Crippen LogP contribution in [0.25, 0.3) is 11.3 Å². The second kappa shape index (κ2) is 7.75. The number of aromatic nitrogens is 2. The van der Waals surface area contributed by atoms with Crippen LogP contribution >= 0.6 is 0 Å². The van der Waals surface area contributed by atoms with Crippen LogP contribution in [0.15, 0.2) is 30.5 Å². The van der Waals surface area contributed by atoms with Gasteiger partial charge in [-0.25, -0.2) is 0 Å². The van der Waals surface area contributed by atoms with Crippen LogP contribution in [-0.2, 0) is 6.54 Å². The van der Waals surface area contributed by atoms with Crippen LogP contribution < -0.4 is 5.32 Å². The zero-order valence-electron chi connectivity index (χ0n) is 13.5. The molecular weight excluding hydrogens is 276 g/mol. The summed E-state index contributed by atoms with van der Waals surface area (Å²) >= 11 is 0. The first-order chi connectivity index (χ1) is 10.7. The Morgan fingerprint density at radius 1 is 1.36 bits per heavy atom. The van der Waals surface area contributed by atoms with Crippen molar-refractivity contribution < 1.29 is 4.79 Å². The molecule has 0 saturated carbocycles. The Hall–Kier alpha value is -2.14. The maximum absolute atomic E-state index is 12.0. The van der Waals surface area contributed by atoms with Gasteiger partial charge in [-0.15, -0.1) is 0 Å². The number of nitrogens with one attached hydrogen (secondary N) is 2. The van der Waals surface area contributed by atoms with E-state index in [4.69, 9.17) is 0 Å². The molecule has 5 heteroatoms. The highest BCUT2D eigenvalue weighted by atomic mass is 16.1. The van der Waals surface area contributed by atoms with E-state index in [1.54, 1.807) is 0 Å². The van der Waals surface area contributed by atoms with E-state index in [0.29, 0.717) is 12.1 Å². The number of nitrogens with zero attached hydrogens (tertiary/aromatic N) is 2. The molecule has 1 amide bonds. The Bertz CT molecular complexity index is 621. The van der Waals surface area contributed by atoms with E-state index in [1.807, 2.05) is 37.4 Å². The highest BCUT2D eigenvalue weighted by Crippen LogP contribution is 2.23. The number of aromatic amines is 1. The zero-order valence-corrected chi connectivity index (χ0v) is 13.5. The molecule has 1 heterocycles. The van der Waals surface area contributed by atoms with Gasteiger partial charge < -0.3 is 10.2 Å². The summed E-state index contributed by atoms with van der Waals surface area (Å²) in [5, 5.41) is 10.1. The molecule has 0 bridgehead atoms. The van der Waals surface area contributed by atoms with Crippen molar-refractivity contribution >= 4 is 5.91 Å². The molecule has 0 saturated heterocycles. The van der Waals surface area contributed by atoms with Crippen LogP contribution in [0.2, 0.25) is 0 Å². The summed E-state index contributed by atoms with van der Waals surface area (Å²) in [5.74, 6) is -0.0514. The molecule has 0 radical (unpaired) electrons. The van der Waals surface area contributed by atoms with E-state index < -0.39 is 0 Å². The average Bonchev–Trinajstić information content (AvgIpc) is 2.96. The minimum atomic E-state index is -0.0514. The first kappa shape index (κ1) is 16.2. The van der Waals surface area contributed by atoms with Gasteiger partial charge in [-0.1, -0.05) is 19.1 Å². The lowest BCUT2D eigenvalue weighted by Gasteiger charge is -2.15. The van der Waals surface area contributed by atoms with Crippen LogP contribution in [0, 0.1) is 0 Å². The molecule has 1 aromatic heterocycles. The van der Waals surface area contributed by atoms with Crippen molar-refractivity contribution in [2.75, 3.05) is 20.1 Å². The second-order valence-corrected chi connectivity index (χ2v) is 5.44. The largest absolute Gasteiger partial charge is 0.352 e. The highest BCUT2D eigenvalue weighted by molar-refractivity contribution is 5.95. The van der Waals surface area contributed by atoms with Gasteiger partial charge in [0.2, 0.25) is 0 Å². The fourth-order valence-electron chi connectivity index (χ4n) is 2.51. The van der Waals surface area contributed by atoms with Gasteiger partial charge in [0.25, 0.3) is 5.91 Å². The standard InChI is InChI=1S/C17H24N4O/c1-4-9-21(3)12-15-11-19-20-16(15)13-7-6-8-14(10-13)17(22)18-5-2/h6-8,10-11H,4-5,9,12H2,1-3H3,(H,18,22)(H,19,20). The summed E-state index contributed by atoms with van der Waals surface area (Å²) in [6.07, 6.45) is 3.05. The van der Waals surface area contributed by atoms with E-state index in [1.165, 1.54) is 0 Å². The number of carbonyl (C=O) groups excluding carboxylic acids is 1. The third-order valence-electron chi connectivity index (χ3n) is 3.50. The molecule has 0 aliphatic carbocycles. The molecule has 118 valence electrons. The molecule has 0 aliphatic heterocycles. The molecule has 2 rings (SSSR count). The average molecular weight is 300 g/mol. The van der Waals surface area contributed by atoms with Crippen LogP contribution in [0.4, 0.5) is 0 Å². The summed E-state index contributed by atoms with van der Waals surface area (Å²) in [6.45, 7) is 6.59. The number of amides is 1. The topological polar surface area (TPSA) is 61.0 Å². The van der Waals surface area contributed by atoms with Gasteiger partial charge in [0, 0.05) is 36.0 Å². The zero-order chi connectivity index (χ0) is 15.9. The van der Waals surface area contributed by atoms with E-state index >= 15 is 0 Å². The molecule has 0 atom stereocenters. The molecular formula is C17H24N4O. The van der Waals surface area contributed by atoms with Gasteiger partial charge in [-0.2, -0.15) is 5.10 Å². The molecule has 0 aliphatic rings. The summed E-state index contributed by atoms with van der Waals surface area (Å²) in [5.41, 5.74) is 3.68. The summed E-state index contributed by atoms with van der Waals surface area (Å²) in [7, 11) is 2.10. The summed E-state index contributed by atoms with van der Waals surface area (Å²) in [6, 6.07) is 7.60. The SMILES string of the molecule is CCCN(C)Cc1c[nH]nc1-c1cccc(C(=O)NCC)c1. The van der Waals surface area contributed by atoms with Crippen molar-refractivity contribution in [3.8, 4) is 11.3 Å². The van der Waals surface area contributed by atoms with Crippen molar-refractivity contribution in [3.05, 3.63) is 41.6 Å². The minimum Gasteiger partial charge on any atom is -0.352 e. The van der Waals surface area contributed by atoms with Gasteiger partial charge in [-0.05, 0) is 39.1 Å². The van der Waals surface area contributed by atoms with Gasteiger partial charge in [0.1, 0.15) is 0 Å². The maximum Gasteiger partial charge on any atom is 0.251 e. The Morgan fingerprint density at radius 2 is 2.18 bits per heavy atom. The van der Waals surface area contributed by atoms with E-state index in [9.17, 15) is 4.79 Å². The fourth-order valence-corrected chi connectivity index (χ4v) is 2.51. The van der Waals surface area contributed by atoms with Crippen LogP contribution in [0.3, 0.4) is 0 Å². The third-order valence-corrected chi connectivity index (χ3v) is 3.50. The van der Waals surface area contributed by atoms with Crippen molar-refractivity contribution in [2.24, 2.45) is 0 Å². The van der Waals surface area contributed by atoms with Crippen molar-refractivity contribution in [2.45, 2.75) is 26.8 Å². The second-order valence-electron chi connectivity index (χ2n) is 5.44. The predicted molar refractivity (Wildman–Crippen MR) is 88.7 cm³/mol. The van der Waals surface area contributed by atoms with Crippen molar-refractivity contribution in [1.29, 1.82) is 0 Å². The monoisotopic (exact) mass is 300 g/mol. The molecule has 22 heavy (non-hydrogen) atoms. The van der Waals surface area contributed by atoms with E-state index in [0.717, 1.165) is 36.3 Å². The number of benzene rings is 1. The molecule has 2 aromatic rings. The normalized spacial score (nSPS) is 10.9. The molecule has 0 spiro atoms. The van der Waals surface area contributed by atoms with E-state index in [-0.39, 0.29) is 5.91 Å².